The van der Waals surface area contributed by atoms with Crippen molar-refractivity contribution in [2.24, 2.45) is 5.92 Å². The number of nitrogen functional groups attached to an aromatic ring is 1. The number of nitrogens with two attached hydrogens (primary N) is 1. The molecule has 3 heterocycles. The molecule has 140 valence electrons. The fourth-order valence-corrected chi connectivity index (χ4v) is 5.27. The minimum Gasteiger partial charge on any atom is -0.397 e. The lowest BCUT2D eigenvalue weighted by Gasteiger charge is -2.34. The third-order valence-electron chi connectivity index (χ3n) is 6.81. The molecule has 0 spiro atoms. The molecule has 0 radical (unpaired) electrons. The van der Waals surface area contributed by atoms with Gasteiger partial charge in [-0.25, -0.2) is 0 Å². The van der Waals surface area contributed by atoms with Crippen LogP contribution < -0.4 is 10.6 Å². The van der Waals surface area contributed by atoms with Crippen LogP contribution >= 0.6 is 0 Å². The number of nitrogens with zero attached hydrogens (tertiary/aromatic N) is 2. The first kappa shape index (κ1) is 16.4. The molecule has 0 unspecified atom stereocenters. The summed E-state index contributed by atoms with van der Waals surface area (Å²) in [6.07, 6.45) is 5.35. The molecule has 6 heteroatoms. The maximum absolute atomic E-state index is 13.1. The van der Waals surface area contributed by atoms with Gasteiger partial charge in [-0.2, -0.15) is 0 Å². The van der Waals surface area contributed by atoms with E-state index in [0.29, 0.717) is 30.7 Å². The van der Waals surface area contributed by atoms with E-state index in [2.05, 4.69) is 4.90 Å². The van der Waals surface area contributed by atoms with Gasteiger partial charge in [0.25, 0.3) is 5.91 Å². The Hall–Kier alpha value is -1.79. The number of morpholine rings is 1. The van der Waals surface area contributed by atoms with Crippen LogP contribution in [0.1, 0.15) is 48.0 Å². The van der Waals surface area contributed by atoms with Gasteiger partial charge in [0.05, 0.1) is 30.1 Å². The number of benzene rings is 1. The fourth-order valence-electron chi connectivity index (χ4n) is 5.27. The first-order chi connectivity index (χ1) is 12.6. The van der Waals surface area contributed by atoms with Crippen molar-refractivity contribution in [2.75, 3.05) is 30.4 Å². The molecule has 1 aromatic rings. The lowest BCUT2D eigenvalue weighted by Crippen LogP contribution is -2.38. The van der Waals surface area contributed by atoms with E-state index < -0.39 is 0 Å². The van der Waals surface area contributed by atoms with Crippen LogP contribution in [0.2, 0.25) is 0 Å². The van der Waals surface area contributed by atoms with Gasteiger partial charge in [-0.3, -0.25) is 4.79 Å². The number of hydrogen-bond donors (Lipinski definition) is 2. The van der Waals surface area contributed by atoms with Crippen molar-refractivity contribution in [3.8, 4) is 0 Å². The molecule has 1 aromatic carbocycles. The largest absolute Gasteiger partial charge is 0.397 e. The lowest BCUT2D eigenvalue weighted by molar-refractivity contribution is 0.0609. The number of ether oxygens (including phenoxy) is 1. The molecule has 5 rings (SSSR count). The van der Waals surface area contributed by atoms with Crippen LogP contribution in [-0.4, -0.2) is 53.9 Å². The predicted octanol–water partition coefficient (Wildman–Crippen LogP) is 1.75. The van der Waals surface area contributed by atoms with Crippen LogP contribution in [0, 0.1) is 5.92 Å². The number of carbonyl (C=O) groups is 1. The topological polar surface area (TPSA) is 79.0 Å². The summed E-state index contributed by atoms with van der Waals surface area (Å²) in [4.78, 5) is 17.4. The summed E-state index contributed by atoms with van der Waals surface area (Å²) in [6.45, 7) is 2.57. The second-order valence-electron chi connectivity index (χ2n) is 8.36. The molecule has 1 saturated carbocycles. The summed E-state index contributed by atoms with van der Waals surface area (Å²) in [5, 5.41) is 9.34. The van der Waals surface area contributed by atoms with Crippen LogP contribution in [0.25, 0.3) is 0 Å². The number of carbonyl (C=O) groups excluding carboxylic acids is 1. The van der Waals surface area contributed by atoms with E-state index in [-0.39, 0.29) is 12.5 Å². The zero-order valence-electron chi connectivity index (χ0n) is 15.1. The smallest absolute Gasteiger partial charge is 0.254 e. The first-order valence-corrected chi connectivity index (χ1v) is 9.86. The molecule has 3 fully saturated rings. The number of aliphatic hydroxyl groups excluding tert-OH is 1. The molecular weight excluding hydrogens is 330 g/mol. The molecule has 4 aliphatic rings. The van der Waals surface area contributed by atoms with Gasteiger partial charge >= 0.3 is 0 Å². The minimum atomic E-state index is 0.148. The molecular formula is C20H27N3O3. The van der Waals surface area contributed by atoms with Gasteiger partial charge in [-0.1, -0.05) is 0 Å². The average molecular weight is 357 g/mol. The number of anilines is 2. The van der Waals surface area contributed by atoms with Crippen molar-refractivity contribution in [1.82, 2.24) is 4.90 Å². The van der Waals surface area contributed by atoms with E-state index in [4.69, 9.17) is 10.5 Å². The third kappa shape index (κ3) is 2.50. The van der Waals surface area contributed by atoms with Gasteiger partial charge in [0, 0.05) is 31.3 Å². The van der Waals surface area contributed by atoms with E-state index in [1.807, 2.05) is 17.0 Å². The van der Waals surface area contributed by atoms with Gasteiger partial charge in [0.15, 0.2) is 0 Å². The average Bonchev–Trinajstić information content (AvgIpc) is 3.36. The molecule has 2 atom stereocenters. The third-order valence-corrected chi connectivity index (χ3v) is 6.81. The van der Waals surface area contributed by atoms with E-state index >= 15 is 0 Å². The SMILES string of the molecule is Nc1cc2c(cc1N1C[C@H]3C[C@@H]1CO3)C(=O)N(C1CCC(CO)CC1)C2. The van der Waals surface area contributed by atoms with Crippen molar-refractivity contribution in [2.45, 2.75) is 56.8 Å². The summed E-state index contributed by atoms with van der Waals surface area (Å²) < 4.78 is 5.70. The van der Waals surface area contributed by atoms with Crippen molar-refractivity contribution < 1.29 is 14.6 Å². The lowest BCUT2D eigenvalue weighted by atomic mass is 9.86. The van der Waals surface area contributed by atoms with E-state index in [0.717, 1.165) is 67.8 Å². The van der Waals surface area contributed by atoms with Crippen molar-refractivity contribution in [1.29, 1.82) is 0 Å². The molecule has 1 aliphatic carbocycles. The van der Waals surface area contributed by atoms with Crippen molar-refractivity contribution in [3.05, 3.63) is 23.3 Å². The molecule has 26 heavy (non-hydrogen) atoms. The molecule has 2 saturated heterocycles. The summed E-state index contributed by atoms with van der Waals surface area (Å²) in [6, 6.07) is 4.71. The Labute approximate surface area is 153 Å². The van der Waals surface area contributed by atoms with E-state index in [9.17, 15) is 9.90 Å². The van der Waals surface area contributed by atoms with Crippen LogP contribution in [-0.2, 0) is 11.3 Å². The van der Waals surface area contributed by atoms with Crippen molar-refractivity contribution in [3.63, 3.8) is 0 Å². The summed E-state index contributed by atoms with van der Waals surface area (Å²) in [5.41, 5.74) is 10.0. The Morgan fingerprint density at radius 2 is 1.96 bits per heavy atom. The summed E-state index contributed by atoms with van der Waals surface area (Å²) in [5.74, 6) is 0.552. The second kappa shape index (κ2) is 6.13. The maximum Gasteiger partial charge on any atom is 0.254 e. The zero-order chi connectivity index (χ0) is 17.8. The van der Waals surface area contributed by atoms with Gasteiger partial charge < -0.3 is 25.4 Å². The van der Waals surface area contributed by atoms with E-state index in [1.165, 1.54) is 0 Å². The highest BCUT2D eigenvalue weighted by Gasteiger charge is 2.41. The number of amides is 1. The van der Waals surface area contributed by atoms with Gasteiger partial charge in [0.1, 0.15) is 0 Å². The number of hydrogen-bond acceptors (Lipinski definition) is 5. The molecule has 1 amide bonds. The first-order valence-electron chi connectivity index (χ1n) is 9.86. The van der Waals surface area contributed by atoms with Crippen LogP contribution in [0.15, 0.2) is 12.1 Å². The number of aliphatic hydroxyl groups is 1. The maximum atomic E-state index is 13.1. The molecule has 0 aromatic heterocycles. The molecule has 3 aliphatic heterocycles. The Kier molecular flexibility index (Phi) is 3.87. The Morgan fingerprint density at radius 3 is 2.62 bits per heavy atom. The molecule has 3 N–H and O–H groups in total. The van der Waals surface area contributed by atoms with E-state index in [1.54, 1.807) is 0 Å². The Balaban J connectivity index is 1.38. The summed E-state index contributed by atoms with van der Waals surface area (Å²) >= 11 is 0. The standard InChI is InChI=1S/C20H27N3O3/c21-18-5-13-8-23(14-3-1-12(10-24)2-4-14)20(25)17(13)7-19(18)22-9-16-6-15(22)11-26-16/h5,7,12,14-16,24H,1-4,6,8-11,21H2/t12?,14?,15-,16-/m1/s1. The van der Waals surface area contributed by atoms with Crippen LogP contribution in [0.3, 0.4) is 0 Å². The van der Waals surface area contributed by atoms with Gasteiger partial charge in [-0.05, 0) is 55.7 Å². The van der Waals surface area contributed by atoms with Gasteiger partial charge in [0.2, 0.25) is 0 Å². The van der Waals surface area contributed by atoms with Crippen molar-refractivity contribution >= 4 is 17.3 Å². The second-order valence-corrected chi connectivity index (χ2v) is 8.36. The van der Waals surface area contributed by atoms with Gasteiger partial charge in [-0.15, -0.1) is 0 Å². The zero-order valence-corrected chi connectivity index (χ0v) is 15.1. The highest BCUT2D eigenvalue weighted by atomic mass is 16.5. The highest BCUT2D eigenvalue weighted by Crippen LogP contribution is 2.40. The minimum absolute atomic E-state index is 0.148. The Bertz CT molecular complexity index is 729. The monoisotopic (exact) mass is 357 g/mol. The number of fused-ring (bicyclic) bond motifs is 3. The highest BCUT2D eigenvalue weighted by molar-refractivity contribution is 6.00. The predicted molar refractivity (Wildman–Crippen MR) is 99.1 cm³/mol. The normalized spacial score (nSPS) is 33.2. The fraction of sp³-hybridized carbons (Fsp3) is 0.650. The van der Waals surface area contributed by atoms with Crippen LogP contribution in [0.4, 0.5) is 11.4 Å². The summed E-state index contributed by atoms with van der Waals surface area (Å²) in [7, 11) is 0. The molecule has 2 bridgehead atoms. The number of rotatable bonds is 3. The quantitative estimate of drug-likeness (QED) is 0.806. The van der Waals surface area contributed by atoms with Crippen LogP contribution in [0.5, 0.6) is 0 Å². The Morgan fingerprint density at radius 1 is 1.15 bits per heavy atom. The molecule has 6 nitrogen and oxygen atoms in total.